The average molecular weight is 176 g/mol. The molecule has 1 aromatic rings. The molecule has 1 aliphatic rings. The summed E-state index contributed by atoms with van der Waals surface area (Å²) in [7, 11) is 0. The Morgan fingerprint density at radius 2 is 1.85 bits per heavy atom. The van der Waals surface area contributed by atoms with Crippen LogP contribution < -0.4 is 4.74 Å². The van der Waals surface area contributed by atoms with Gasteiger partial charge in [0.05, 0.1) is 0 Å². The third kappa shape index (κ3) is 1.69. The summed E-state index contributed by atoms with van der Waals surface area (Å²) in [6.45, 7) is 6.57. The van der Waals surface area contributed by atoms with Crippen LogP contribution in [0.5, 0.6) is 5.75 Å². The molecule has 1 aromatic carbocycles. The number of benzene rings is 1. The minimum atomic E-state index is 0.446. The van der Waals surface area contributed by atoms with E-state index in [2.05, 4.69) is 32.9 Å². The molecule has 0 saturated heterocycles. The zero-order valence-electron chi connectivity index (χ0n) is 8.45. The first-order valence-electron chi connectivity index (χ1n) is 4.92. The minimum Gasteiger partial charge on any atom is -0.490 e. The second-order valence-electron chi connectivity index (χ2n) is 4.12. The van der Waals surface area contributed by atoms with E-state index in [9.17, 15) is 0 Å². The quantitative estimate of drug-likeness (QED) is 0.673. The Labute approximate surface area is 79.7 Å². The van der Waals surface area contributed by atoms with E-state index in [1.54, 1.807) is 0 Å². The van der Waals surface area contributed by atoms with Crippen molar-refractivity contribution in [2.45, 2.75) is 26.9 Å². The Hall–Kier alpha value is -0.980. The summed E-state index contributed by atoms with van der Waals surface area (Å²) in [4.78, 5) is 0. The highest BCUT2D eigenvalue weighted by Gasteiger charge is 2.45. The van der Waals surface area contributed by atoms with Crippen molar-refractivity contribution >= 4 is 0 Å². The van der Waals surface area contributed by atoms with Crippen molar-refractivity contribution in [2.24, 2.45) is 11.8 Å². The van der Waals surface area contributed by atoms with Crippen LogP contribution >= 0.6 is 0 Å². The molecule has 2 unspecified atom stereocenters. The standard InChI is InChI=1S/C12H16O/c1-8-5-4-6-11(7-8)13-12-9(2)10(12)3/h4-7,9-10,12H,1-3H3/t9-,10?,12?/m0/s1. The lowest BCUT2D eigenvalue weighted by molar-refractivity contribution is 0.277. The van der Waals surface area contributed by atoms with Crippen molar-refractivity contribution in [1.29, 1.82) is 0 Å². The molecule has 0 heterocycles. The number of hydrogen-bond donors (Lipinski definition) is 0. The topological polar surface area (TPSA) is 9.23 Å². The van der Waals surface area contributed by atoms with Gasteiger partial charge in [-0.05, 0) is 36.5 Å². The molecule has 0 bridgehead atoms. The fourth-order valence-electron chi connectivity index (χ4n) is 1.68. The molecule has 0 aliphatic heterocycles. The molecule has 1 saturated carbocycles. The van der Waals surface area contributed by atoms with E-state index in [1.165, 1.54) is 5.56 Å². The van der Waals surface area contributed by atoms with Gasteiger partial charge in [0.25, 0.3) is 0 Å². The lowest BCUT2D eigenvalue weighted by Crippen LogP contribution is -2.00. The summed E-state index contributed by atoms with van der Waals surface area (Å²) in [6, 6.07) is 8.26. The lowest BCUT2D eigenvalue weighted by atomic mass is 10.2. The number of rotatable bonds is 2. The largest absolute Gasteiger partial charge is 0.490 e. The van der Waals surface area contributed by atoms with E-state index in [4.69, 9.17) is 4.74 Å². The van der Waals surface area contributed by atoms with E-state index in [0.29, 0.717) is 6.10 Å². The Morgan fingerprint density at radius 3 is 2.38 bits per heavy atom. The predicted molar refractivity (Wildman–Crippen MR) is 53.9 cm³/mol. The highest BCUT2D eigenvalue weighted by atomic mass is 16.5. The van der Waals surface area contributed by atoms with Crippen LogP contribution in [0, 0.1) is 18.8 Å². The summed E-state index contributed by atoms with van der Waals surface area (Å²) in [5.41, 5.74) is 1.26. The highest BCUT2D eigenvalue weighted by Crippen LogP contribution is 2.41. The van der Waals surface area contributed by atoms with Gasteiger partial charge in [0, 0.05) is 0 Å². The van der Waals surface area contributed by atoms with E-state index >= 15 is 0 Å². The number of hydrogen-bond acceptors (Lipinski definition) is 1. The van der Waals surface area contributed by atoms with Crippen LogP contribution in [0.3, 0.4) is 0 Å². The van der Waals surface area contributed by atoms with Gasteiger partial charge in [-0.2, -0.15) is 0 Å². The lowest BCUT2D eigenvalue weighted by Gasteiger charge is -2.05. The normalized spacial score (nSPS) is 31.5. The second-order valence-corrected chi connectivity index (χ2v) is 4.12. The van der Waals surface area contributed by atoms with E-state index in [1.807, 2.05) is 12.1 Å². The van der Waals surface area contributed by atoms with Gasteiger partial charge < -0.3 is 4.74 Å². The maximum atomic E-state index is 5.83. The summed E-state index contributed by atoms with van der Waals surface area (Å²) >= 11 is 0. The molecule has 0 radical (unpaired) electrons. The van der Waals surface area contributed by atoms with Gasteiger partial charge in [-0.1, -0.05) is 26.0 Å². The van der Waals surface area contributed by atoms with Crippen LogP contribution in [0.1, 0.15) is 19.4 Å². The number of ether oxygens (including phenoxy) is 1. The summed E-state index contributed by atoms with van der Waals surface area (Å²) in [6.07, 6.45) is 0.446. The zero-order valence-corrected chi connectivity index (χ0v) is 8.45. The molecule has 0 aromatic heterocycles. The smallest absolute Gasteiger partial charge is 0.120 e. The Balaban J connectivity index is 2.03. The molecule has 13 heavy (non-hydrogen) atoms. The van der Waals surface area contributed by atoms with Crippen LogP contribution in [0.4, 0.5) is 0 Å². The van der Waals surface area contributed by atoms with Crippen molar-refractivity contribution in [3.8, 4) is 5.75 Å². The summed E-state index contributed by atoms with van der Waals surface area (Å²) < 4.78 is 5.83. The van der Waals surface area contributed by atoms with Crippen molar-refractivity contribution in [3.63, 3.8) is 0 Å². The first-order valence-corrected chi connectivity index (χ1v) is 4.92. The molecule has 1 nitrogen and oxygen atoms in total. The SMILES string of the molecule is Cc1cccc(OC2C(C)[C@@H]2C)c1. The molecule has 2 rings (SSSR count). The van der Waals surface area contributed by atoms with Gasteiger partial charge >= 0.3 is 0 Å². The third-order valence-electron chi connectivity index (χ3n) is 2.99. The van der Waals surface area contributed by atoms with Crippen molar-refractivity contribution in [2.75, 3.05) is 0 Å². The molecule has 0 spiro atoms. The first-order chi connectivity index (χ1) is 6.18. The van der Waals surface area contributed by atoms with Crippen molar-refractivity contribution < 1.29 is 4.74 Å². The minimum absolute atomic E-state index is 0.446. The van der Waals surface area contributed by atoms with Crippen LogP contribution in [0.25, 0.3) is 0 Å². The Bertz CT molecular complexity index is 298. The van der Waals surface area contributed by atoms with Gasteiger partial charge in [0.1, 0.15) is 11.9 Å². The first kappa shape index (κ1) is 8.61. The average Bonchev–Trinajstić information content (AvgIpc) is 2.62. The van der Waals surface area contributed by atoms with Crippen molar-refractivity contribution in [1.82, 2.24) is 0 Å². The van der Waals surface area contributed by atoms with E-state index < -0.39 is 0 Å². The molecular formula is C12H16O. The van der Waals surface area contributed by atoms with Crippen molar-refractivity contribution in [3.05, 3.63) is 29.8 Å². The molecule has 70 valence electrons. The van der Waals surface area contributed by atoms with Crippen LogP contribution in [0.15, 0.2) is 24.3 Å². The fourth-order valence-corrected chi connectivity index (χ4v) is 1.68. The van der Waals surface area contributed by atoms with Crippen LogP contribution in [-0.2, 0) is 0 Å². The molecule has 0 amide bonds. The van der Waals surface area contributed by atoms with Gasteiger partial charge in [0.2, 0.25) is 0 Å². The maximum Gasteiger partial charge on any atom is 0.120 e. The molecule has 1 fully saturated rings. The molecular weight excluding hydrogens is 160 g/mol. The molecule has 1 aliphatic carbocycles. The zero-order chi connectivity index (χ0) is 9.42. The highest BCUT2D eigenvalue weighted by molar-refractivity contribution is 5.28. The van der Waals surface area contributed by atoms with Crippen LogP contribution in [-0.4, -0.2) is 6.10 Å². The van der Waals surface area contributed by atoms with E-state index in [-0.39, 0.29) is 0 Å². The van der Waals surface area contributed by atoms with E-state index in [0.717, 1.165) is 17.6 Å². The van der Waals surface area contributed by atoms with Gasteiger partial charge in [-0.25, -0.2) is 0 Å². The Kier molecular flexibility index (Phi) is 2.03. The third-order valence-corrected chi connectivity index (χ3v) is 2.99. The van der Waals surface area contributed by atoms with Crippen LogP contribution in [0.2, 0.25) is 0 Å². The Morgan fingerprint density at radius 1 is 1.15 bits per heavy atom. The molecule has 3 atom stereocenters. The fraction of sp³-hybridized carbons (Fsp3) is 0.500. The predicted octanol–water partition coefficient (Wildman–Crippen LogP) is 3.03. The molecule has 0 N–H and O–H groups in total. The van der Waals surface area contributed by atoms with Gasteiger partial charge in [-0.3, -0.25) is 0 Å². The molecule has 1 heteroatoms. The maximum absolute atomic E-state index is 5.83. The summed E-state index contributed by atoms with van der Waals surface area (Å²) in [5, 5.41) is 0. The van der Waals surface area contributed by atoms with Gasteiger partial charge in [0.15, 0.2) is 0 Å². The monoisotopic (exact) mass is 176 g/mol. The number of aryl methyl sites for hydroxylation is 1. The second kappa shape index (κ2) is 3.06. The summed E-state index contributed by atoms with van der Waals surface area (Å²) in [5.74, 6) is 2.46. The van der Waals surface area contributed by atoms with Gasteiger partial charge in [-0.15, -0.1) is 0 Å².